The molecule has 1 aliphatic heterocycles. The molecule has 0 bridgehead atoms. The normalized spacial score (nSPS) is 28.3. The Morgan fingerprint density at radius 2 is 1.79 bits per heavy atom. The molecule has 2 unspecified atom stereocenters. The molecule has 1 rings (SSSR count). The molecule has 0 aromatic carbocycles. The third kappa shape index (κ3) is 3.58. The number of hydrogen-bond donors (Lipinski definition) is 1. The topological polar surface area (TPSA) is 15.3 Å². The van der Waals surface area contributed by atoms with Crippen molar-refractivity contribution in [1.82, 2.24) is 10.2 Å². The maximum atomic E-state index is 3.54. The van der Waals surface area contributed by atoms with E-state index in [1.165, 1.54) is 45.4 Å². The lowest BCUT2D eigenvalue weighted by Crippen LogP contribution is -2.49. The van der Waals surface area contributed by atoms with E-state index in [0.29, 0.717) is 0 Å². The van der Waals surface area contributed by atoms with Gasteiger partial charge in [0, 0.05) is 12.6 Å². The SMILES string of the molecule is CCCN(CCC)C1CNCC(C)C1. The smallest absolute Gasteiger partial charge is 0.0223 e. The number of rotatable bonds is 5. The first-order valence-corrected chi connectivity index (χ1v) is 6.22. The van der Waals surface area contributed by atoms with Crippen LogP contribution in [0.1, 0.15) is 40.0 Å². The number of hydrogen-bond acceptors (Lipinski definition) is 2. The van der Waals surface area contributed by atoms with E-state index < -0.39 is 0 Å². The van der Waals surface area contributed by atoms with Gasteiger partial charge >= 0.3 is 0 Å². The van der Waals surface area contributed by atoms with Crippen molar-refractivity contribution in [3.05, 3.63) is 0 Å². The Kier molecular flexibility index (Phi) is 5.49. The van der Waals surface area contributed by atoms with E-state index in [2.05, 4.69) is 31.0 Å². The first-order valence-electron chi connectivity index (χ1n) is 6.22. The Labute approximate surface area is 89.1 Å². The van der Waals surface area contributed by atoms with E-state index in [1.807, 2.05) is 0 Å². The minimum atomic E-state index is 0.790. The first kappa shape index (κ1) is 12.0. The molecular weight excluding hydrogens is 172 g/mol. The van der Waals surface area contributed by atoms with Crippen LogP contribution in [0.4, 0.5) is 0 Å². The lowest BCUT2D eigenvalue weighted by atomic mass is 9.96. The highest BCUT2D eigenvalue weighted by molar-refractivity contribution is 4.81. The molecule has 1 N–H and O–H groups in total. The second kappa shape index (κ2) is 6.41. The summed E-state index contributed by atoms with van der Waals surface area (Å²) in [5.41, 5.74) is 0. The molecule has 2 nitrogen and oxygen atoms in total. The highest BCUT2D eigenvalue weighted by Gasteiger charge is 2.22. The Bertz CT molecular complexity index is 139. The van der Waals surface area contributed by atoms with Gasteiger partial charge in [-0.05, 0) is 44.8 Å². The molecule has 2 atom stereocenters. The minimum absolute atomic E-state index is 0.790. The third-order valence-corrected chi connectivity index (χ3v) is 3.09. The molecule has 84 valence electrons. The molecule has 1 aliphatic rings. The molecule has 1 heterocycles. The van der Waals surface area contributed by atoms with Crippen molar-refractivity contribution < 1.29 is 0 Å². The van der Waals surface area contributed by atoms with Crippen LogP contribution in [0, 0.1) is 5.92 Å². The summed E-state index contributed by atoms with van der Waals surface area (Å²) in [6, 6.07) is 0.790. The van der Waals surface area contributed by atoms with Crippen LogP contribution in [-0.4, -0.2) is 37.1 Å². The molecule has 0 radical (unpaired) electrons. The van der Waals surface area contributed by atoms with Crippen LogP contribution in [0.25, 0.3) is 0 Å². The van der Waals surface area contributed by atoms with Crippen LogP contribution < -0.4 is 5.32 Å². The summed E-state index contributed by atoms with van der Waals surface area (Å²) < 4.78 is 0. The Hall–Kier alpha value is -0.0800. The third-order valence-electron chi connectivity index (χ3n) is 3.09. The zero-order valence-electron chi connectivity index (χ0n) is 10.1. The number of piperidine rings is 1. The molecule has 0 saturated carbocycles. The highest BCUT2D eigenvalue weighted by Crippen LogP contribution is 2.15. The van der Waals surface area contributed by atoms with Gasteiger partial charge in [-0.15, -0.1) is 0 Å². The summed E-state index contributed by atoms with van der Waals surface area (Å²) in [6.45, 7) is 11.9. The van der Waals surface area contributed by atoms with Crippen LogP contribution >= 0.6 is 0 Å². The van der Waals surface area contributed by atoms with Crippen LogP contribution in [0.15, 0.2) is 0 Å². The predicted molar refractivity (Wildman–Crippen MR) is 62.6 cm³/mol. The Balaban J connectivity index is 2.39. The molecule has 0 aromatic heterocycles. The summed E-state index contributed by atoms with van der Waals surface area (Å²) in [6.07, 6.45) is 3.95. The standard InChI is InChI=1S/C12H26N2/c1-4-6-14(7-5-2)12-8-11(3)9-13-10-12/h11-13H,4-10H2,1-3H3. The first-order chi connectivity index (χ1) is 6.77. The van der Waals surface area contributed by atoms with E-state index >= 15 is 0 Å². The summed E-state index contributed by atoms with van der Waals surface area (Å²) in [7, 11) is 0. The van der Waals surface area contributed by atoms with Crippen molar-refractivity contribution in [1.29, 1.82) is 0 Å². The van der Waals surface area contributed by atoms with Gasteiger partial charge in [0.25, 0.3) is 0 Å². The van der Waals surface area contributed by atoms with E-state index in [-0.39, 0.29) is 0 Å². The van der Waals surface area contributed by atoms with Crippen LogP contribution in [-0.2, 0) is 0 Å². The van der Waals surface area contributed by atoms with Crippen molar-refractivity contribution in [2.75, 3.05) is 26.2 Å². The van der Waals surface area contributed by atoms with Gasteiger partial charge in [0.2, 0.25) is 0 Å². The lowest BCUT2D eigenvalue weighted by molar-refractivity contribution is 0.145. The molecule has 2 heteroatoms. The summed E-state index contributed by atoms with van der Waals surface area (Å²) in [5, 5.41) is 3.54. The zero-order valence-corrected chi connectivity index (χ0v) is 10.1. The maximum absolute atomic E-state index is 3.54. The monoisotopic (exact) mass is 198 g/mol. The van der Waals surface area contributed by atoms with E-state index in [1.54, 1.807) is 0 Å². The maximum Gasteiger partial charge on any atom is 0.0223 e. The Morgan fingerprint density at radius 1 is 1.14 bits per heavy atom. The Morgan fingerprint density at radius 3 is 2.29 bits per heavy atom. The fourth-order valence-electron chi connectivity index (χ4n) is 2.46. The fraction of sp³-hybridized carbons (Fsp3) is 1.00. The zero-order chi connectivity index (χ0) is 10.4. The molecule has 0 amide bonds. The van der Waals surface area contributed by atoms with Gasteiger partial charge in [0.05, 0.1) is 0 Å². The summed E-state index contributed by atoms with van der Waals surface area (Å²) in [5.74, 6) is 0.852. The van der Waals surface area contributed by atoms with Gasteiger partial charge in [-0.3, -0.25) is 4.90 Å². The largest absolute Gasteiger partial charge is 0.315 e. The van der Waals surface area contributed by atoms with E-state index in [4.69, 9.17) is 0 Å². The number of nitrogens with one attached hydrogen (secondary N) is 1. The highest BCUT2D eigenvalue weighted by atomic mass is 15.2. The fourth-order valence-corrected chi connectivity index (χ4v) is 2.46. The molecule has 0 spiro atoms. The van der Waals surface area contributed by atoms with Gasteiger partial charge in [-0.25, -0.2) is 0 Å². The molecule has 1 saturated heterocycles. The van der Waals surface area contributed by atoms with E-state index in [9.17, 15) is 0 Å². The van der Waals surface area contributed by atoms with Gasteiger partial charge in [0.15, 0.2) is 0 Å². The average Bonchev–Trinajstić information content (AvgIpc) is 2.17. The van der Waals surface area contributed by atoms with Crippen molar-refractivity contribution in [2.45, 2.75) is 46.1 Å². The minimum Gasteiger partial charge on any atom is -0.315 e. The van der Waals surface area contributed by atoms with Crippen molar-refractivity contribution in [2.24, 2.45) is 5.92 Å². The summed E-state index contributed by atoms with van der Waals surface area (Å²) in [4.78, 5) is 2.67. The van der Waals surface area contributed by atoms with Crippen LogP contribution in [0.3, 0.4) is 0 Å². The van der Waals surface area contributed by atoms with Gasteiger partial charge in [-0.1, -0.05) is 20.8 Å². The van der Waals surface area contributed by atoms with Crippen molar-refractivity contribution >= 4 is 0 Å². The molecular formula is C12H26N2. The van der Waals surface area contributed by atoms with Gasteiger partial charge < -0.3 is 5.32 Å². The lowest BCUT2D eigenvalue weighted by Gasteiger charge is -2.36. The average molecular weight is 198 g/mol. The van der Waals surface area contributed by atoms with Gasteiger partial charge in [-0.2, -0.15) is 0 Å². The second-order valence-electron chi connectivity index (χ2n) is 4.69. The van der Waals surface area contributed by atoms with Crippen LogP contribution in [0.5, 0.6) is 0 Å². The molecule has 14 heavy (non-hydrogen) atoms. The van der Waals surface area contributed by atoms with Gasteiger partial charge in [0.1, 0.15) is 0 Å². The summed E-state index contributed by atoms with van der Waals surface area (Å²) >= 11 is 0. The second-order valence-corrected chi connectivity index (χ2v) is 4.69. The quantitative estimate of drug-likeness (QED) is 0.728. The molecule has 0 aromatic rings. The molecule has 0 aliphatic carbocycles. The van der Waals surface area contributed by atoms with Crippen molar-refractivity contribution in [3.8, 4) is 0 Å². The van der Waals surface area contributed by atoms with Crippen LogP contribution in [0.2, 0.25) is 0 Å². The molecule has 1 fully saturated rings. The van der Waals surface area contributed by atoms with Crippen molar-refractivity contribution in [3.63, 3.8) is 0 Å². The number of nitrogens with zero attached hydrogens (tertiary/aromatic N) is 1. The predicted octanol–water partition coefficient (Wildman–Crippen LogP) is 2.11. The van der Waals surface area contributed by atoms with E-state index in [0.717, 1.165) is 12.0 Å².